The molecule has 0 aliphatic carbocycles. The summed E-state index contributed by atoms with van der Waals surface area (Å²) in [5.74, 6) is -0.691. The lowest BCUT2D eigenvalue weighted by Crippen LogP contribution is -2.22. The van der Waals surface area contributed by atoms with E-state index < -0.39 is 11.1 Å². The molecule has 0 saturated heterocycles. The summed E-state index contributed by atoms with van der Waals surface area (Å²) in [6, 6.07) is 11.5. The highest BCUT2D eigenvalue weighted by molar-refractivity contribution is 8.00. The maximum atomic E-state index is 13.1. The lowest BCUT2D eigenvalue weighted by Gasteiger charge is -2.13. The van der Waals surface area contributed by atoms with Gasteiger partial charge in [-0.25, -0.2) is 14.4 Å². The average Bonchev–Trinajstić information content (AvgIpc) is 2.57. The second-order valence-electron chi connectivity index (χ2n) is 5.07. The third kappa shape index (κ3) is 3.66. The monoisotopic (exact) mass is 361 g/mol. The Balaban J connectivity index is 1.76. The Morgan fingerprint density at radius 2 is 2.04 bits per heavy atom. The van der Waals surface area contributed by atoms with E-state index in [0.717, 1.165) is 22.0 Å². The molecule has 0 bridgehead atoms. The zero-order valence-electron chi connectivity index (χ0n) is 12.7. The van der Waals surface area contributed by atoms with Crippen LogP contribution in [0.1, 0.15) is 6.92 Å². The van der Waals surface area contributed by atoms with Crippen LogP contribution in [-0.4, -0.2) is 21.1 Å². The number of thioether (sulfide) groups is 1. The average molecular weight is 362 g/mol. The minimum Gasteiger partial charge on any atom is -0.324 e. The largest absolute Gasteiger partial charge is 0.324 e. The number of carbonyl (C=O) groups is 1. The van der Waals surface area contributed by atoms with Gasteiger partial charge in [-0.1, -0.05) is 41.6 Å². The van der Waals surface area contributed by atoms with Crippen molar-refractivity contribution in [1.82, 2.24) is 9.97 Å². The van der Waals surface area contributed by atoms with Gasteiger partial charge in [0.2, 0.25) is 5.91 Å². The number of hydrogen-bond acceptors (Lipinski definition) is 4. The van der Waals surface area contributed by atoms with Crippen molar-refractivity contribution in [2.45, 2.75) is 17.2 Å². The summed E-state index contributed by atoms with van der Waals surface area (Å²) in [7, 11) is 0. The highest BCUT2D eigenvalue weighted by Gasteiger charge is 2.18. The van der Waals surface area contributed by atoms with Gasteiger partial charge in [0.05, 0.1) is 21.5 Å². The molecule has 122 valence electrons. The zero-order chi connectivity index (χ0) is 17.1. The number of nitrogens with zero attached hydrogens (tertiary/aromatic N) is 2. The first kappa shape index (κ1) is 16.7. The fourth-order valence-corrected chi connectivity index (χ4v) is 3.24. The number of hydrogen-bond donors (Lipinski definition) is 1. The standard InChI is InChI=1S/C17H13ClFN3OS/c1-10(16(23)22-15-7-6-11(19)8-13(15)18)24-17-12-4-2-3-5-14(12)20-9-21-17/h2-10H,1H3,(H,22,23)/t10-/m0/s1. The molecular weight excluding hydrogens is 349 g/mol. The van der Waals surface area contributed by atoms with Gasteiger partial charge in [-0.05, 0) is 31.2 Å². The molecule has 0 radical (unpaired) electrons. The molecule has 0 aliphatic rings. The normalized spacial score (nSPS) is 12.1. The molecule has 2 aromatic carbocycles. The molecule has 0 aliphatic heterocycles. The summed E-state index contributed by atoms with van der Waals surface area (Å²) >= 11 is 7.26. The van der Waals surface area contributed by atoms with Gasteiger partial charge in [0, 0.05) is 5.39 Å². The van der Waals surface area contributed by atoms with Crippen LogP contribution < -0.4 is 5.32 Å². The minimum absolute atomic E-state index is 0.160. The molecule has 24 heavy (non-hydrogen) atoms. The van der Waals surface area contributed by atoms with E-state index in [2.05, 4.69) is 15.3 Å². The Labute approximate surface area is 147 Å². The van der Waals surface area contributed by atoms with Gasteiger partial charge in [-0.3, -0.25) is 4.79 Å². The highest BCUT2D eigenvalue weighted by atomic mass is 35.5. The summed E-state index contributed by atoms with van der Waals surface area (Å²) in [6.45, 7) is 1.77. The molecule has 7 heteroatoms. The lowest BCUT2D eigenvalue weighted by atomic mass is 10.2. The number of aromatic nitrogens is 2. The number of rotatable bonds is 4. The van der Waals surface area contributed by atoms with E-state index in [1.165, 1.54) is 30.2 Å². The third-order valence-electron chi connectivity index (χ3n) is 3.35. The number of halogens is 2. The van der Waals surface area contributed by atoms with Gasteiger partial charge >= 0.3 is 0 Å². The first-order valence-electron chi connectivity index (χ1n) is 7.17. The van der Waals surface area contributed by atoms with Crippen LogP contribution in [0.25, 0.3) is 10.9 Å². The third-order valence-corrected chi connectivity index (χ3v) is 4.78. The second-order valence-corrected chi connectivity index (χ2v) is 6.81. The molecule has 1 atom stereocenters. The molecule has 1 aromatic heterocycles. The topological polar surface area (TPSA) is 54.9 Å². The molecule has 3 rings (SSSR count). The van der Waals surface area contributed by atoms with E-state index in [-0.39, 0.29) is 10.9 Å². The molecule has 3 aromatic rings. The smallest absolute Gasteiger partial charge is 0.237 e. The predicted molar refractivity (Wildman–Crippen MR) is 94.9 cm³/mol. The van der Waals surface area contributed by atoms with Crippen LogP contribution in [0.15, 0.2) is 53.8 Å². The maximum Gasteiger partial charge on any atom is 0.237 e. The Bertz CT molecular complexity index is 901. The molecule has 0 spiro atoms. The zero-order valence-corrected chi connectivity index (χ0v) is 14.2. The summed E-state index contributed by atoms with van der Waals surface area (Å²) in [5.41, 5.74) is 1.20. The van der Waals surface area contributed by atoms with E-state index in [4.69, 9.17) is 11.6 Å². The Hall–Kier alpha value is -2.18. The number of fused-ring (bicyclic) bond motifs is 1. The lowest BCUT2D eigenvalue weighted by molar-refractivity contribution is -0.115. The fourth-order valence-electron chi connectivity index (χ4n) is 2.12. The number of amides is 1. The minimum atomic E-state index is -0.451. The van der Waals surface area contributed by atoms with Crippen molar-refractivity contribution < 1.29 is 9.18 Å². The summed E-state index contributed by atoms with van der Waals surface area (Å²) in [5, 5.41) is 4.07. The molecule has 1 heterocycles. The van der Waals surface area contributed by atoms with Crippen LogP contribution in [0.4, 0.5) is 10.1 Å². The van der Waals surface area contributed by atoms with E-state index in [1.54, 1.807) is 6.92 Å². The van der Waals surface area contributed by atoms with Gasteiger partial charge in [0.1, 0.15) is 17.2 Å². The highest BCUT2D eigenvalue weighted by Crippen LogP contribution is 2.29. The summed E-state index contributed by atoms with van der Waals surface area (Å²) < 4.78 is 13.1. The van der Waals surface area contributed by atoms with Crippen molar-refractivity contribution in [1.29, 1.82) is 0 Å². The number of anilines is 1. The molecular formula is C17H13ClFN3OS. The SMILES string of the molecule is C[C@H](Sc1ncnc2ccccc12)C(=O)Nc1ccc(F)cc1Cl. The van der Waals surface area contributed by atoms with Crippen molar-refractivity contribution >= 4 is 45.9 Å². The van der Waals surface area contributed by atoms with Crippen LogP contribution >= 0.6 is 23.4 Å². The van der Waals surface area contributed by atoms with E-state index in [1.807, 2.05) is 24.3 Å². The number of para-hydroxylation sites is 1. The molecule has 0 fully saturated rings. The van der Waals surface area contributed by atoms with Gasteiger partial charge < -0.3 is 5.32 Å². The van der Waals surface area contributed by atoms with E-state index in [9.17, 15) is 9.18 Å². The number of nitrogens with one attached hydrogen (secondary N) is 1. The van der Waals surface area contributed by atoms with Crippen molar-refractivity contribution in [3.05, 3.63) is 59.6 Å². The first-order valence-corrected chi connectivity index (χ1v) is 8.42. The van der Waals surface area contributed by atoms with Gasteiger partial charge in [0.25, 0.3) is 0 Å². The van der Waals surface area contributed by atoms with Crippen molar-refractivity contribution in [3.63, 3.8) is 0 Å². The van der Waals surface area contributed by atoms with Crippen LogP contribution in [0.3, 0.4) is 0 Å². The van der Waals surface area contributed by atoms with Gasteiger partial charge in [0.15, 0.2) is 0 Å². The second kappa shape index (κ2) is 7.15. The predicted octanol–water partition coefficient (Wildman–Crippen LogP) is 4.54. The van der Waals surface area contributed by atoms with Gasteiger partial charge in [-0.2, -0.15) is 0 Å². The number of carbonyl (C=O) groups excluding carboxylic acids is 1. The molecule has 0 saturated carbocycles. The van der Waals surface area contributed by atoms with Crippen LogP contribution in [0.2, 0.25) is 5.02 Å². The summed E-state index contributed by atoms with van der Waals surface area (Å²) in [6.07, 6.45) is 1.48. The Morgan fingerprint density at radius 1 is 1.25 bits per heavy atom. The fraction of sp³-hybridized carbons (Fsp3) is 0.118. The van der Waals surface area contributed by atoms with E-state index >= 15 is 0 Å². The molecule has 4 nitrogen and oxygen atoms in total. The number of benzene rings is 2. The molecule has 1 amide bonds. The molecule has 0 unspecified atom stereocenters. The van der Waals surface area contributed by atoms with Crippen molar-refractivity contribution in [3.8, 4) is 0 Å². The van der Waals surface area contributed by atoms with Gasteiger partial charge in [-0.15, -0.1) is 0 Å². The Kier molecular flexibility index (Phi) is 4.97. The first-order chi connectivity index (χ1) is 11.5. The Morgan fingerprint density at radius 3 is 2.83 bits per heavy atom. The molecule has 1 N–H and O–H groups in total. The van der Waals surface area contributed by atoms with Crippen LogP contribution in [0, 0.1) is 5.82 Å². The van der Waals surface area contributed by atoms with E-state index in [0.29, 0.717) is 5.69 Å². The van der Waals surface area contributed by atoms with Crippen LogP contribution in [0.5, 0.6) is 0 Å². The summed E-state index contributed by atoms with van der Waals surface area (Å²) in [4.78, 5) is 20.8. The van der Waals surface area contributed by atoms with Crippen molar-refractivity contribution in [2.24, 2.45) is 0 Å². The van der Waals surface area contributed by atoms with Crippen molar-refractivity contribution in [2.75, 3.05) is 5.32 Å². The maximum absolute atomic E-state index is 13.1. The van der Waals surface area contributed by atoms with Crippen LogP contribution in [-0.2, 0) is 4.79 Å². The quantitative estimate of drug-likeness (QED) is 0.547.